The fraction of sp³-hybridized carbons (Fsp3) is 0.447. The first-order valence-corrected chi connectivity index (χ1v) is 23.7. The van der Waals surface area contributed by atoms with Gasteiger partial charge >= 0.3 is 102 Å². The van der Waals surface area contributed by atoms with Crippen LogP contribution in [-0.4, -0.2) is 182 Å². The second-order valence-electron chi connectivity index (χ2n) is 17.4. The van der Waals surface area contributed by atoms with Gasteiger partial charge in [0, 0.05) is 91.1 Å². The van der Waals surface area contributed by atoms with Crippen molar-refractivity contribution in [1.29, 1.82) is 0 Å². The number of carboxylic acids is 2. The van der Waals surface area contributed by atoms with Crippen LogP contribution in [0.25, 0.3) is 21.8 Å². The van der Waals surface area contributed by atoms with Crippen LogP contribution in [0.5, 0.6) is 11.5 Å². The van der Waals surface area contributed by atoms with Crippen molar-refractivity contribution in [2.75, 3.05) is 83.5 Å². The molecule has 2 aliphatic carbocycles. The summed E-state index contributed by atoms with van der Waals surface area (Å²) in [7, 11) is 6.60. The normalized spacial score (nSPS) is 15.4. The van der Waals surface area contributed by atoms with Crippen LogP contribution in [0, 0.1) is 11.6 Å². The van der Waals surface area contributed by atoms with Crippen LogP contribution in [0.4, 0.5) is 33.3 Å². The Morgan fingerprint density at radius 3 is 1.41 bits per heavy atom. The molecular weight excluding hydrogens is 1100 g/mol. The molecule has 2 radical (unpaired) electrons. The van der Waals surface area contributed by atoms with Gasteiger partial charge in [0.05, 0.1) is 62.1 Å². The second-order valence-corrected chi connectivity index (χ2v) is 17.4. The fourth-order valence-corrected chi connectivity index (χ4v) is 8.48. The molecule has 25 nitrogen and oxygen atoms in total. The minimum atomic E-state index is -5.08. The quantitative estimate of drug-likeness (QED) is 0.0511. The van der Waals surface area contributed by atoms with Crippen LogP contribution < -0.4 is 86.9 Å². The predicted molar refractivity (Wildman–Crippen MR) is 271 cm³/mol. The fourth-order valence-electron chi connectivity index (χ4n) is 8.48. The molecule has 2 aromatic carbocycles. The topological polar surface area (TPSA) is 316 Å². The van der Waals surface area contributed by atoms with Gasteiger partial charge in [0.25, 0.3) is 0 Å². The smallest absolute Gasteiger partial charge is 0.870 e. The zero-order valence-electron chi connectivity index (χ0n) is 44.3. The van der Waals surface area contributed by atoms with Gasteiger partial charge in [-0.25, -0.2) is 28.6 Å². The number of aromatic carboxylic acids is 1. The molecule has 2 aliphatic heterocycles. The third kappa shape index (κ3) is 16.6. The van der Waals surface area contributed by atoms with E-state index in [2.05, 4.69) is 10.2 Å². The molecule has 4 fully saturated rings. The summed E-state index contributed by atoms with van der Waals surface area (Å²) in [5, 5.41) is 18.0. The number of methoxy groups -OCH3 is 3. The van der Waals surface area contributed by atoms with E-state index in [4.69, 9.17) is 24.1 Å². The van der Waals surface area contributed by atoms with E-state index in [0.29, 0.717) is 75.8 Å². The number of hydrogen-bond donors (Lipinski definition) is 3. The Bertz CT molecular complexity index is 3080. The van der Waals surface area contributed by atoms with Crippen molar-refractivity contribution in [2.45, 2.75) is 64.7 Å². The Morgan fingerprint density at radius 1 is 0.675 bits per heavy atom. The van der Waals surface area contributed by atoms with Crippen LogP contribution in [0.15, 0.2) is 34.1 Å². The maximum Gasteiger partial charge on any atom is 1.00 e. The number of rotatable bonds is 12. The Labute approximate surface area is 495 Å². The second kappa shape index (κ2) is 29.9. The Kier molecular flexibility index (Phi) is 25.4. The first kappa shape index (κ1) is 68.0. The molecule has 80 heavy (non-hydrogen) atoms. The first-order valence-electron chi connectivity index (χ1n) is 23.7. The maximum atomic E-state index is 15.6. The SMILES string of the molecule is CC(=O)OC(C)=O.COC(=O)c1cn(C2CC2)c2c(OC)c(N3CCN([B]C=O)N([B]C=O)CC3)c(F)cc2c1=O.COc1c(N2CCNN(C(C)=O)CC2)c(F)cc2c(=O)c(C(=O)O)cn(C3CC3)c12.O=C(O)C(F)(F)F.[K+].[OH-]. The summed E-state index contributed by atoms with van der Waals surface area (Å²) >= 11 is 0. The Hall–Kier alpha value is -6.32. The first-order chi connectivity index (χ1) is 36.8. The van der Waals surface area contributed by atoms with Crippen LogP contribution in [0.3, 0.4) is 0 Å². The van der Waals surface area contributed by atoms with Gasteiger partial charge in [-0.2, -0.15) is 13.2 Å². The van der Waals surface area contributed by atoms with E-state index in [9.17, 15) is 61.4 Å². The molecule has 0 spiro atoms. The van der Waals surface area contributed by atoms with Crippen molar-refractivity contribution < 1.29 is 146 Å². The molecule has 33 heteroatoms. The van der Waals surface area contributed by atoms with Gasteiger partial charge in [0.2, 0.25) is 16.8 Å². The Morgan fingerprint density at radius 2 is 1.07 bits per heavy atom. The average molecular weight is 1160 g/mol. The van der Waals surface area contributed by atoms with Crippen molar-refractivity contribution >= 4 is 96.1 Å². The van der Waals surface area contributed by atoms with Gasteiger partial charge in [0.1, 0.15) is 22.5 Å². The minimum absolute atomic E-state index is 0. The molecule has 4 aromatic rings. The summed E-state index contributed by atoms with van der Waals surface area (Å²) < 4.78 is 86.1. The average Bonchev–Trinajstić information content (AvgIpc) is 4.34. The number of benzene rings is 2. The number of esters is 3. The van der Waals surface area contributed by atoms with Crippen molar-refractivity contribution in [2.24, 2.45) is 0 Å². The van der Waals surface area contributed by atoms with Gasteiger partial charge in [-0.1, -0.05) is 0 Å². The summed E-state index contributed by atoms with van der Waals surface area (Å²) in [6.07, 6.45) is 2.33. The molecule has 4 aliphatic rings. The van der Waals surface area contributed by atoms with Crippen molar-refractivity contribution in [3.8, 4) is 11.5 Å². The number of aromatic nitrogens is 2. The van der Waals surface area contributed by atoms with Crippen molar-refractivity contribution in [3.63, 3.8) is 0 Å². The number of carboxylic acid groups (broad SMARTS) is 2. The number of alkyl halides is 3. The predicted octanol–water partition coefficient (Wildman–Crippen LogP) is -0.860. The molecule has 1 amide bonds. The number of aliphatic carboxylic acids is 1. The number of nitrogens with one attached hydrogen (secondary N) is 1. The third-order valence-corrected chi connectivity index (χ3v) is 12.1. The van der Waals surface area contributed by atoms with Crippen molar-refractivity contribution in [1.82, 2.24) is 29.4 Å². The molecule has 2 saturated heterocycles. The number of hydrogen-bond acceptors (Lipinski definition) is 20. The maximum absolute atomic E-state index is 15.6. The molecular formula is C47H54B2F5KN8O17. The molecule has 0 atom stereocenters. The van der Waals surface area contributed by atoms with E-state index < -0.39 is 58.5 Å². The molecule has 0 bridgehead atoms. The standard InChI is InChI=1S/C21H23B2FN4O6.C20H23FN4O5.C4H6O3.C2HF3O2.K.H2O/c1-33-20-17-14(19(31)15(21(32)34-2)10-26(17)13-3-4-13)9-16(24)18(20)25-5-7-27(22-11-29)28(8-6-25)23-12-30;1-11(26)25-8-7-23(6-5-22-25)17-15(21)9-13-16(19(17)30-2)24(12-3-4-12)10-14(18(13)27)20(28)29;1-3(5)7-4(2)6;3-2(4,5)1(6)7;;/h9-13H,3-8H2,1-2H3;9-10,12,22H,3-8H2,1-2H3,(H,28,29);1-2H3;(H,6,7);;1H2/q;;;;+1;/p-1. The summed E-state index contributed by atoms with van der Waals surface area (Å²) in [5.41, 5.74) is 2.27. The Balaban J connectivity index is 0.000000334. The van der Waals surface area contributed by atoms with Crippen LogP contribution in [0.1, 0.15) is 79.3 Å². The van der Waals surface area contributed by atoms with E-state index in [-0.39, 0.29) is 120 Å². The number of carbonyl (C=O) groups is 8. The van der Waals surface area contributed by atoms with Gasteiger partial charge < -0.3 is 63.2 Å². The van der Waals surface area contributed by atoms with Gasteiger partial charge in [-0.05, 0) is 37.8 Å². The largest absolute Gasteiger partial charge is 1.00 e. The number of halogens is 5. The van der Waals surface area contributed by atoms with Gasteiger partial charge in [-0.15, -0.1) is 0 Å². The van der Waals surface area contributed by atoms with Crippen LogP contribution in [-0.2, 0) is 38.2 Å². The summed E-state index contributed by atoms with van der Waals surface area (Å²) in [4.78, 5) is 119. The number of ether oxygens (including phenoxy) is 4. The number of carbonyl (C=O) groups excluding carboxylic acids is 6. The molecule has 4 N–H and O–H groups in total. The monoisotopic (exact) mass is 1160 g/mol. The van der Waals surface area contributed by atoms with Crippen LogP contribution in [0.2, 0.25) is 0 Å². The zero-order chi connectivity index (χ0) is 57.9. The summed E-state index contributed by atoms with van der Waals surface area (Å²) in [6.45, 7) is 6.63. The van der Waals surface area contributed by atoms with Crippen LogP contribution >= 0.6 is 0 Å². The molecule has 8 rings (SSSR count). The summed E-state index contributed by atoms with van der Waals surface area (Å²) in [5.74, 6) is -7.10. The molecule has 4 heterocycles. The molecule has 0 unspecified atom stereocenters. The van der Waals surface area contributed by atoms with E-state index >= 15 is 8.78 Å². The number of amides is 1. The molecule has 2 saturated carbocycles. The number of nitrogens with zero attached hydrogens (tertiary/aromatic N) is 7. The van der Waals surface area contributed by atoms with E-state index in [1.807, 2.05) is 0 Å². The number of fused-ring (bicyclic) bond motifs is 2. The van der Waals surface area contributed by atoms with E-state index in [1.54, 1.807) is 28.8 Å². The van der Waals surface area contributed by atoms with Crippen molar-refractivity contribution in [3.05, 3.63) is 67.7 Å². The summed E-state index contributed by atoms with van der Waals surface area (Å²) in [6, 6.07) is 2.33. The van der Waals surface area contributed by atoms with Gasteiger partial charge in [-0.3, -0.25) is 38.8 Å². The van der Waals surface area contributed by atoms with Gasteiger partial charge in [0.15, 0.2) is 23.1 Å². The zero-order valence-corrected chi connectivity index (χ0v) is 47.5. The number of hydrazine groups is 2. The number of pyridine rings is 2. The van der Waals surface area contributed by atoms with E-state index in [1.165, 1.54) is 74.3 Å². The number of anilines is 2. The minimum Gasteiger partial charge on any atom is -0.870 e. The molecule has 2 aromatic heterocycles. The molecule has 426 valence electrons. The van der Waals surface area contributed by atoms with E-state index in [0.717, 1.165) is 37.8 Å². The third-order valence-electron chi connectivity index (χ3n) is 12.1.